The normalized spacial score (nSPS) is 10.9. The molecule has 0 amide bonds. The van der Waals surface area contributed by atoms with Crippen LogP contribution in [0.4, 0.5) is 13.2 Å². The highest BCUT2D eigenvalue weighted by Crippen LogP contribution is 2.35. The largest absolute Gasteiger partial charge is 0.416 e. The highest BCUT2D eigenvalue weighted by Gasteiger charge is 2.31. The quantitative estimate of drug-likeness (QED) is 0.778. The van der Waals surface area contributed by atoms with Crippen molar-refractivity contribution in [3.8, 4) is 11.8 Å². The van der Waals surface area contributed by atoms with E-state index in [0.29, 0.717) is 0 Å². The molecule has 0 unspecified atom stereocenters. The van der Waals surface area contributed by atoms with Gasteiger partial charge in [-0.05, 0) is 12.1 Å². The van der Waals surface area contributed by atoms with Crippen LogP contribution in [0.2, 0.25) is 10.0 Å². The second-order valence-corrected chi connectivity index (χ2v) is 3.90. The summed E-state index contributed by atoms with van der Waals surface area (Å²) in [6.07, 6.45) is -4.29. The Bertz CT molecular complexity index is 449. The van der Waals surface area contributed by atoms with Gasteiger partial charge in [0.25, 0.3) is 0 Å². The minimum absolute atomic E-state index is 0.134. The summed E-state index contributed by atoms with van der Waals surface area (Å²) in [6, 6.07) is 1.55. The third-order valence-electron chi connectivity index (χ3n) is 1.82. The first-order valence-electron chi connectivity index (χ1n) is 4.52. The number of hydrogen-bond donors (Lipinski definition) is 1. The lowest BCUT2D eigenvalue weighted by molar-refractivity contribution is -0.137. The van der Waals surface area contributed by atoms with Crippen LogP contribution in [0.25, 0.3) is 0 Å². The molecule has 0 saturated carbocycles. The van der Waals surface area contributed by atoms with Crippen molar-refractivity contribution in [1.82, 2.24) is 0 Å². The molecule has 1 nitrogen and oxygen atoms in total. The van der Waals surface area contributed by atoms with Crippen LogP contribution in [0.15, 0.2) is 12.1 Å². The standard InChI is InChI=1S/C11H7Cl2F3O/c12-9-5-7(11(14,15)16)6-10(13)8(9)3-1-2-4-17/h5-6,17H,2,4H2. The van der Waals surface area contributed by atoms with Crippen molar-refractivity contribution in [2.45, 2.75) is 12.6 Å². The van der Waals surface area contributed by atoms with Crippen molar-refractivity contribution in [3.63, 3.8) is 0 Å². The summed E-state index contributed by atoms with van der Waals surface area (Å²) in [4.78, 5) is 0. The fourth-order valence-electron chi connectivity index (χ4n) is 1.06. The molecule has 0 bridgehead atoms. The van der Waals surface area contributed by atoms with E-state index in [9.17, 15) is 13.2 Å². The third-order valence-corrected chi connectivity index (χ3v) is 2.42. The van der Waals surface area contributed by atoms with Gasteiger partial charge in [0.15, 0.2) is 0 Å². The fourth-order valence-corrected chi connectivity index (χ4v) is 1.64. The number of hydrogen-bond acceptors (Lipinski definition) is 1. The Morgan fingerprint density at radius 2 is 1.71 bits per heavy atom. The van der Waals surface area contributed by atoms with Crippen LogP contribution in [0.3, 0.4) is 0 Å². The lowest BCUT2D eigenvalue weighted by atomic mass is 10.1. The number of halogens is 5. The smallest absolute Gasteiger partial charge is 0.395 e. The molecule has 0 aliphatic rings. The number of benzene rings is 1. The first-order chi connectivity index (χ1) is 7.86. The van der Waals surface area contributed by atoms with Gasteiger partial charge >= 0.3 is 6.18 Å². The Kier molecular flexibility index (Phi) is 4.70. The van der Waals surface area contributed by atoms with Crippen molar-refractivity contribution in [2.24, 2.45) is 0 Å². The predicted molar refractivity (Wildman–Crippen MR) is 60.0 cm³/mol. The van der Waals surface area contributed by atoms with Crippen molar-refractivity contribution >= 4 is 23.2 Å². The molecular formula is C11H7Cl2F3O. The second kappa shape index (κ2) is 5.63. The second-order valence-electron chi connectivity index (χ2n) is 3.09. The zero-order valence-electron chi connectivity index (χ0n) is 8.41. The topological polar surface area (TPSA) is 20.2 Å². The van der Waals surface area contributed by atoms with E-state index in [-0.39, 0.29) is 28.6 Å². The van der Waals surface area contributed by atoms with Crippen LogP contribution in [-0.4, -0.2) is 11.7 Å². The van der Waals surface area contributed by atoms with Crippen LogP contribution < -0.4 is 0 Å². The number of rotatable bonds is 1. The molecule has 0 spiro atoms. The van der Waals surface area contributed by atoms with Gasteiger partial charge in [-0.3, -0.25) is 0 Å². The molecule has 17 heavy (non-hydrogen) atoms. The molecule has 92 valence electrons. The summed E-state index contributed by atoms with van der Waals surface area (Å²) < 4.78 is 37.2. The molecule has 0 aliphatic carbocycles. The van der Waals surface area contributed by atoms with Gasteiger partial charge in [0, 0.05) is 6.42 Å². The number of alkyl halides is 3. The van der Waals surface area contributed by atoms with Gasteiger partial charge in [-0.1, -0.05) is 35.0 Å². The molecule has 6 heteroatoms. The SMILES string of the molecule is OCCC#Cc1c(Cl)cc(C(F)(F)F)cc1Cl. The maximum absolute atomic E-state index is 12.4. The summed E-state index contributed by atoms with van der Waals surface area (Å²) in [6.45, 7) is -0.136. The molecule has 0 aliphatic heterocycles. The van der Waals surface area contributed by atoms with E-state index in [2.05, 4.69) is 11.8 Å². The predicted octanol–water partition coefficient (Wildman–Crippen LogP) is 3.75. The molecule has 0 radical (unpaired) electrons. The van der Waals surface area contributed by atoms with E-state index in [4.69, 9.17) is 28.3 Å². The van der Waals surface area contributed by atoms with Gasteiger partial charge in [-0.15, -0.1) is 0 Å². The summed E-state index contributed by atoms with van der Waals surface area (Å²) in [5, 5.41) is 8.20. The Morgan fingerprint density at radius 3 is 2.12 bits per heavy atom. The third kappa shape index (κ3) is 3.81. The lowest BCUT2D eigenvalue weighted by Crippen LogP contribution is -2.05. The van der Waals surface area contributed by atoms with Gasteiger partial charge < -0.3 is 5.11 Å². The van der Waals surface area contributed by atoms with Crippen molar-refractivity contribution in [3.05, 3.63) is 33.3 Å². The molecule has 1 aromatic rings. The molecule has 1 aromatic carbocycles. The van der Waals surface area contributed by atoms with Crippen molar-refractivity contribution in [1.29, 1.82) is 0 Å². The number of aliphatic hydroxyl groups is 1. The van der Waals surface area contributed by atoms with Gasteiger partial charge in [0.1, 0.15) is 0 Å². The minimum Gasteiger partial charge on any atom is -0.395 e. The van der Waals surface area contributed by atoms with Crippen LogP contribution in [-0.2, 0) is 6.18 Å². The van der Waals surface area contributed by atoms with Crippen LogP contribution in [0.1, 0.15) is 17.5 Å². The molecule has 1 rings (SSSR count). The Morgan fingerprint density at radius 1 is 1.18 bits per heavy atom. The lowest BCUT2D eigenvalue weighted by Gasteiger charge is -2.09. The van der Waals surface area contributed by atoms with E-state index in [1.54, 1.807) is 0 Å². The first kappa shape index (κ1) is 14.2. The maximum atomic E-state index is 12.4. The van der Waals surface area contributed by atoms with Crippen molar-refractivity contribution in [2.75, 3.05) is 6.61 Å². The van der Waals surface area contributed by atoms with Gasteiger partial charge in [-0.25, -0.2) is 0 Å². The van der Waals surface area contributed by atoms with E-state index in [0.717, 1.165) is 12.1 Å². The average Bonchev–Trinajstić information content (AvgIpc) is 2.20. The van der Waals surface area contributed by atoms with Crippen molar-refractivity contribution < 1.29 is 18.3 Å². The zero-order chi connectivity index (χ0) is 13.1. The van der Waals surface area contributed by atoms with Gasteiger partial charge in [0.05, 0.1) is 27.8 Å². The maximum Gasteiger partial charge on any atom is 0.416 e. The van der Waals surface area contributed by atoms with E-state index >= 15 is 0 Å². The molecule has 0 heterocycles. The zero-order valence-corrected chi connectivity index (χ0v) is 9.92. The van der Waals surface area contributed by atoms with Gasteiger partial charge in [0.2, 0.25) is 0 Å². The van der Waals surface area contributed by atoms with Crippen LogP contribution in [0.5, 0.6) is 0 Å². The summed E-state index contributed by atoms with van der Waals surface area (Å²) >= 11 is 11.3. The van der Waals surface area contributed by atoms with Gasteiger partial charge in [-0.2, -0.15) is 13.2 Å². The molecule has 0 fully saturated rings. The Hall–Kier alpha value is -0.890. The molecule has 0 atom stereocenters. The van der Waals surface area contributed by atoms with Crippen LogP contribution in [0, 0.1) is 11.8 Å². The van der Waals surface area contributed by atoms with E-state index < -0.39 is 11.7 Å². The van der Waals surface area contributed by atoms with Crippen LogP contribution >= 0.6 is 23.2 Å². The minimum atomic E-state index is -4.50. The summed E-state index contributed by atoms with van der Waals surface area (Å²) in [7, 11) is 0. The van der Waals surface area contributed by atoms with E-state index in [1.165, 1.54) is 0 Å². The summed E-state index contributed by atoms with van der Waals surface area (Å²) in [5.41, 5.74) is -0.782. The average molecular weight is 283 g/mol. The molecular weight excluding hydrogens is 276 g/mol. The first-order valence-corrected chi connectivity index (χ1v) is 5.28. The Labute approximate surface area is 106 Å². The highest BCUT2D eigenvalue weighted by atomic mass is 35.5. The molecule has 0 saturated heterocycles. The highest BCUT2D eigenvalue weighted by molar-refractivity contribution is 6.36. The molecule has 0 aromatic heterocycles. The summed E-state index contributed by atoms with van der Waals surface area (Å²) in [5.74, 6) is 5.06. The molecule has 1 N–H and O–H groups in total. The Balaban J connectivity index is 3.17. The van der Waals surface area contributed by atoms with E-state index in [1.807, 2.05) is 0 Å². The monoisotopic (exact) mass is 282 g/mol. The number of aliphatic hydroxyl groups excluding tert-OH is 1. The fraction of sp³-hybridized carbons (Fsp3) is 0.273.